The summed E-state index contributed by atoms with van der Waals surface area (Å²) in [4.78, 5) is 11.3. The highest BCUT2D eigenvalue weighted by Gasteiger charge is 2.13. The molecule has 1 N–H and O–H groups in total. The van der Waals surface area contributed by atoms with Crippen molar-refractivity contribution in [2.24, 2.45) is 0 Å². The Kier molecular flexibility index (Phi) is 5.84. The minimum atomic E-state index is -0.890. The lowest BCUT2D eigenvalue weighted by Crippen LogP contribution is -2.08. The third kappa shape index (κ3) is 4.22. The molecule has 0 bridgehead atoms. The molecule has 0 atom stereocenters. The Balaban J connectivity index is 1.39. The lowest BCUT2D eigenvalue weighted by Gasteiger charge is -2.09. The fraction of sp³-hybridized carbons (Fsp3) is 0.208. The number of ether oxygens (including phenoxy) is 2. The van der Waals surface area contributed by atoms with Crippen molar-refractivity contribution in [3.63, 3.8) is 0 Å². The van der Waals surface area contributed by atoms with Crippen LogP contribution in [0.2, 0.25) is 0 Å². The van der Waals surface area contributed by atoms with Gasteiger partial charge in [0.15, 0.2) is 11.6 Å². The average Bonchev–Trinajstić information content (AvgIpc) is 3.04. The fourth-order valence-electron chi connectivity index (χ4n) is 3.56. The van der Waals surface area contributed by atoms with E-state index < -0.39 is 5.97 Å². The number of carboxylic acids is 1. The maximum Gasteiger partial charge on any atom is 0.323 e. The second kappa shape index (κ2) is 8.86. The number of aromatic nitrogens is 1. The summed E-state index contributed by atoms with van der Waals surface area (Å²) in [7, 11) is 0. The number of nitrogens with zero attached hydrogens (tertiary/aromatic N) is 1. The van der Waals surface area contributed by atoms with Crippen LogP contribution in [0.25, 0.3) is 21.8 Å². The Labute approximate surface area is 173 Å². The largest absolute Gasteiger partial charge is 0.494 e. The lowest BCUT2D eigenvalue weighted by atomic mass is 10.1. The van der Waals surface area contributed by atoms with Crippen LogP contribution >= 0.6 is 0 Å². The molecule has 0 saturated heterocycles. The van der Waals surface area contributed by atoms with E-state index in [4.69, 9.17) is 9.47 Å². The topological polar surface area (TPSA) is 60.7 Å². The fourth-order valence-corrected chi connectivity index (χ4v) is 3.56. The first kappa shape index (κ1) is 19.8. The van der Waals surface area contributed by atoms with Gasteiger partial charge in [-0.25, -0.2) is 4.39 Å². The predicted octanol–water partition coefficient (Wildman–Crippen LogP) is 5.26. The summed E-state index contributed by atoms with van der Waals surface area (Å²) in [6.45, 7) is 0.794. The molecule has 0 unspecified atom stereocenters. The number of rotatable bonds is 9. The van der Waals surface area contributed by atoms with Crippen LogP contribution in [-0.4, -0.2) is 28.9 Å². The van der Waals surface area contributed by atoms with Crippen molar-refractivity contribution in [3.8, 4) is 11.5 Å². The van der Waals surface area contributed by atoms with Gasteiger partial charge in [-0.1, -0.05) is 30.3 Å². The Morgan fingerprint density at radius 3 is 2.37 bits per heavy atom. The molecule has 154 valence electrons. The summed E-state index contributed by atoms with van der Waals surface area (Å²) >= 11 is 0. The van der Waals surface area contributed by atoms with E-state index in [9.17, 15) is 14.3 Å². The van der Waals surface area contributed by atoms with Crippen LogP contribution in [0.15, 0.2) is 66.7 Å². The van der Waals surface area contributed by atoms with E-state index in [0.717, 1.165) is 34.6 Å². The third-order valence-corrected chi connectivity index (χ3v) is 4.94. The van der Waals surface area contributed by atoms with E-state index in [-0.39, 0.29) is 18.1 Å². The zero-order valence-electron chi connectivity index (χ0n) is 16.4. The van der Waals surface area contributed by atoms with Gasteiger partial charge in [0, 0.05) is 22.4 Å². The number of fused-ring (bicyclic) bond motifs is 3. The summed E-state index contributed by atoms with van der Waals surface area (Å²) in [5.74, 6) is -0.306. The van der Waals surface area contributed by atoms with E-state index >= 15 is 0 Å². The molecule has 5 nitrogen and oxygen atoms in total. The zero-order valence-corrected chi connectivity index (χ0v) is 16.4. The van der Waals surface area contributed by atoms with Crippen LogP contribution < -0.4 is 9.47 Å². The van der Waals surface area contributed by atoms with Gasteiger partial charge in [-0.05, 0) is 43.2 Å². The Morgan fingerprint density at radius 1 is 0.867 bits per heavy atom. The molecule has 1 aromatic heterocycles. The molecule has 30 heavy (non-hydrogen) atoms. The maximum atomic E-state index is 13.5. The van der Waals surface area contributed by atoms with Crippen molar-refractivity contribution in [3.05, 3.63) is 72.5 Å². The average molecular weight is 407 g/mol. The van der Waals surface area contributed by atoms with Gasteiger partial charge in [0.1, 0.15) is 12.3 Å². The highest BCUT2D eigenvalue weighted by atomic mass is 19.1. The predicted molar refractivity (Wildman–Crippen MR) is 114 cm³/mol. The van der Waals surface area contributed by atoms with E-state index in [1.54, 1.807) is 22.8 Å². The summed E-state index contributed by atoms with van der Waals surface area (Å²) in [5.41, 5.74) is 1.72. The standard InChI is InChI=1S/C24H22FNO4/c25-20-8-2-4-10-23(20)30-14-6-5-13-29-17-11-12-19-18-7-1-3-9-21(18)26(16-24(27)28)22(19)15-17/h1-4,7-12,15H,5-6,13-14,16H2,(H,27,28). The molecule has 3 aromatic carbocycles. The number of halogens is 1. The molecule has 0 aliphatic rings. The van der Waals surface area contributed by atoms with Crippen LogP contribution in [0.3, 0.4) is 0 Å². The normalized spacial score (nSPS) is 11.1. The molecular weight excluding hydrogens is 385 g/mol. The number of carboxylic acid groups (broad SMARTS) is 1. The van der Waals surface area contributed by atoms with Gasteiger partial charge in [-0.2, -0.15) is 0 Å². The van der Waals surface area contributed by atoms with E-state index in [0.29, 0.717) is 19.0 Å². The number of aliphatic carboxylic acids is 1. The Bertz CT molecular complexity index is 1180. The van der Waals surface area contributed by atoms with Gasteiger partial charge in [-0.3, -0.25) is 4.79 Å². The summed E-state index contributed by atoms with van der Waals surface area (Å²) < 4.78 is 26.6. The monoisotopic (exact) mass is 407 g/mol. The zero-order chi connectivity index (χ0) is 20.9. The van der Waals surface area contributed by atoms with Gasteiger partial charge in [0.25, 0.3) is 0 Å². The quantitative estimate of drug-likeness (QED) is 0.385. The number of hydrogen-bond acceptors (Lipinski definition) is 3. The van der Waals surface area contributed by atoms with E-state index in [2.05, 4.69) is 0 Å². The maximum absolute atomic E-state index is 13.5. The highest BCUT2D eigenvalue weighted by Crippen LogP contribution is 2.31. The second-order valence-corrected chi connectivity index (χ2v) is 7.01. The molecule has 1 heterocycles. The smallest absolute Gasteiger partial charge is 0.323 e. The van der Waals surface area contributed by atoms with Gasteiger partial charge in [0.2, 0.25) is 0 Å². The third-order valence-electron chi connectivity index (χ3n) is 4.94. The van der Waals surface area contributed by atoms with Crippen LogP contribution in [0.1, 0.15) is 12.8 Å². The molecule has 0 aliphatic heterocycles. The van der Waals surface area contributed by atoms with E-state index in [1.807, 2.05) is 42.5 Å². The van der Waals surface area contributed by atoms with Gasteiger partial charge >= 0.3 is 5.97 Å². The Morgan fingerprint density at radius 2 is 1.57 bits per heavy atom. The number of para-hydroxylation sites is 2. The molecule has 4 aromatic rings. The van der Waals surface area contributed by atoms with Crippen LogP contribution in [0.5, 0.6) is 11.5 Å². The van der Waals surface area contributed by atoms with Crippen molar-refractivity contribution >= 4 is 27.8 Å². The molecule has 0 amide bonds. The Hall–Kier alpha value is -3.54. The molecule has 0 aliphatic carbocycles. The summed E-state index contributed by atoms with van der Waals surface area (Å²) in [5, 5.41) is 11.3. The number of benzene rings is 3. The van der Waals surface area contributed by atoms with Crippen LogP contribution in [0.4, 0.5) is 4.39 Å². The minimum Gasteiger partial charge on any atom is -0.494 e. The summed E-state index contributed by atoms with van der Waals surface area (Å²) in [6.07, 6.45) is 1.49. The van der Waals surface area contributed by atoms with Crippen molar-refractivity contribution in [2.75, 3.05) is 13.2 Å². The number of unbranched alkanes of at least 4 members (excludes halogenated alkanes) is 1. The first-order chi connectivity index (χ1) is 14.6. The second-order valence-electron chi connectivity index (χ2n) is 7.01. The van der Waals surface area contributed by atoms with Crippen molar-refractivity contribution in [1.29, 1.82) is 0 Å². The SMILES string of the molecule is O=C(O)Cn1c2ccccc2c2ccc(OCCCCOc3ccccc3F)cc21. The summed E-state index contributed by atoms with van der Waals surface area (Å²) in [6, 6.07) is 19.9. The van der Waals surface area contributed by atoms with Crippen LogP contribution in [-0.2, 0) is 11.3 Å². The number of hydrogen-bond donors (Lipinski definition) is 1. The van der Waals surface area contributed by atoms with Crippen molar-refractivity contribution < 1.29 is 23.8 Å². The molecule has 0 radical (unpaired) electrons. The number of carbonyl (C=O) groups is 1. The molecule has 0 spiro atoms. The first-order valence-electron chi connectivity index (χ1n) is 9.86. The molecular formula is C24H22FNO4. The van der Waals surface area contributed by atoms with Crippen molar-refractivity contribution in [1.82, 2.24) is 4.57 Å². The van der Waals surface area contributed by atoms with Gasteiger partial charge in [-0.15, -0.1) is 0 Å². The van der Waals surface area contributed by atoms with Crippen molar-refractivity contribution in [2.45, 2.75) is 19.4 Å². The van der Waals surface area contributed by atoms with E-state index in [1.165, 1.54) is 6.07 Å². The van der Waals surface area contributed by atoms with Gasteiger partial charge < -0.3 is 19.1 Å². The highest BCUT2D eigenvalue weighted by molar-refractivity contribution is 6.08. The van der Waals surface area contributed by atoms with Crippen LogP contribution in [0, 0.1) is 5.82 Å². The molecule has 4 rings (SSSR count). The lowest BCUT2D eigenvalue weighted by molar-refractivity contribution is -0.137. The molecule has 6 heteroatoms. The van der Waals surface area contributed by atoms with Gasteiger partial charge in [0.05, 0.1) is 18.7 Å². The first-order valence-corrected chi connectivity index (χ1v) is 9.86. The molecule has 0 fully saturated rings. The molecule has 0 saturated carbocycles. The minimum absolute atomic E-state index is 0.110.